The van der Waals surface area contributed by atoms with Gasteiger partial charge in [0.15, 0.2) is 0 Å². The van der Waals surface area contributed by atoms with E-state index in [1.807, 2.05) is 31.2 Å². The first-order chi connectivity index (χ1) is 12.0. The highest BCUT2D eigenvalue weighted by Crippen LogP contribution is 2.15. The number of rotatable bonds is 7. The molecule has 25 heavy (non-hydrogen) atoms. The van der Waals surface area contributed by atoms with Gasteiger partial charge in [-0.1, -0.05) is 30.3 Å². The second-order valence-electron chi connectivity index (χ2n) is 5.70. The number of carbonyl (C=O) groups is 2. The van der Waals surface area contributed by atoms with Crippen molar-refractivity contribution in [3.63, 3.8) is 0 Å². The van der Waals surface area contributed by atoms with E-state index in [-0.39, 0.29) is 11.6 Å². The highest BCUT2D eigenvalue weighted by atomic mass is 16.5. The molecule has 0 saturated heterocycles. The molecule has 6 nitrogen and oxygen atoms in total. The van der Waals surface area contributed by atoms with Crippen LogP contribution in [0.15, 0.2) is 48.5 Å². The van der Waals surface area contributed by atoms with E-state index < -0.39 is 5.97 Å². The molecule has 0 atom stereocenters. The number of benzene rings is 2. The van der Waals surface area contributed by atoms with Gasteiger partial charge >= 0.3 is 12.0 Å². The molecule has 0 bridgehead atoms. The molecule has 0 fully saturated rings. The number of urea groups is 1. The average molecular weight is 342 g/mol. The molecule has 0 radical (unpaired) electrons. The number of hydrogen-bond donors (Lipinski definition) is 2. The number of carboxylic acids is 1. The second kappa shape index (κ2) is 8.73. The lowest BCUT2D eigenvalue weighted by molar-refractivity contribution is 0.0697. The molecule has 0 saturated carbocycles. The standard InChI is InChI=1S/C19H22N2O4/c1-14-5-3-4-6-17(14)25-12-11-21(2)19(24)20-13-15-7-9-16(10-8-15)18(22)23/h3-10H,11-13H2,1-2H3,(H,20,24)(H,22,23). The Bertz CT molecular complexity index is 728. The van der Waals surface area contributed by atoms with Crippen LogP contribution in [0.5, 0.6) is 5.75 Å². The minimum Gasteiger partial charge on any atom is -0.491 e. The van der Waals surface area contributed by atoms with Crippen molar-refractivity contribution in [1.82, 2.24) is 10.2 Å². The van der Waals surface area contributed by atoms with Crippen molar-refractivity contribution in [2.45, 2.75) is 13.5 Å². The van der Waals surface area contributed by atoms with Crippen molar-refractivity contribution in [2.24, 2.45) is 0 Å². The van der Waals surface area contributed by atoms with Crippen LogP contribution >= 0.6 is 0 Å². The predicted octanol–water partition coefficient (Wildman–Crippen LogP) is 2.91. The van der Waals surface area contributed by atoms with Crippen LogP contribution in [-0.2, 0) is 6.54 Å². The van der Waals surface area contributed by atoms with Crippen LogP contribution in [0.4, 0.5) is 4.79 Å². The summed E-state index contributed by atoms with van der Waals surface area (Å²) in [5.41, 5.74) is 2.11. The van der Waals surface area contributed by atoms with Crippen LogP contribution in [-0.4, -0.2) is 42.2 Å². The Morgan fingerprint density at radius 2 is 1.80 bits per heavy atom. The third-order valence-corrected chi connectivity index (χ3v) is 3.77. The Kier molecular flexibility index (Phi) is 6.39. The summed E-state index contributed by atoms with van der Waals surface area (Å²) in [6.45, 7) is 3.17. The van der Waals surface area contributed by atoms with E-state index in [2.05, 4.69) is 5.32 Å². The van der Waals surface area contributed by atoms with Crippen molar-refractivity contribution in [3.8, 4) is 5.75 Å². The Hall–Kier alpha value is -3.02. The quantitative estimate of drug-likeness (QED) is 0.811. The minimum absolute atomic E-state index is 0.212. The van der Waals surface area contributed by atoms with Gasteiger partial charge in [0.05, 0.1) is 12.1 Å². The smallest absolute Gasteiger partial charge is 0.335 e. The first kappa shape index (κ1) is 18.3. The molecule has 2 N–H and O–H groups in total. The fourth-order valence-corrected chi connectivity index (χ4v) is 2.19. The summed E-state index contributed by atoms with van der Waals surface area (Å²) < 4.78 is 5.68. The number of carbonyl (C=O) groups excluding carboxylic acids is 1. The van der Waals surface area contributed by atoms with Crippen LogP contribution < -0.4 is 10.1 Å². The monoisotopic (exact) mass is 342 g/mol. The van der Waals surface area contributed by atoms with Crippen molar-refractivity contribution < 1.29 is 19.4 Å². The summed E-state index contributed by atoms with van der Waals surface area (Å²) in [6, 6.07) is 13.9. The van der Waals surface area contributed by atoms with Crippen LogP contribution in [0.25, 0.3) is 0 Å². The summed E-state index contributed by atoms with van der Waals surface area (Å²) in [4.78, 5) is 24.4. The number of carboxylic acid groups (broad SMARTS) is 1. The van der Waals surface area contributed by atoms with Crippen LogP contribution in [0.2, 0.25) is 0 Å². The van der Waals surface area contributed by atoms with E-state index in [0.29, 0.717) is 19.7 Å². The number of hydrogen-bond acceptors (Lipinski definition) is 3. The molecule has 2 amide bonds. The lowest BCUT2D eigenvalue weighted by atomic mass is 10.1. The molecule has 0 spiro atoms. The number of aryl methyl sites for hydroxylation is 1. The summed E-state index contributed by atoms with van der Waals surface area (Å²) in [5, 5.41) is 11.7. The molecule has 0 unspecified atom stereocenters. The molecule has 0 heterocycles. The molecule has 0 aliphatic carbocycles. The van der Waals surface area contributed by atoms with Gasteiger partial charge in [-0.15, -0.1) is 0 Å². The van der Waals surface area contributed by atoms with Gasteiger partial charge in [-0.2, -0.15) is 0 Å². The van der Waals surface area contributed by atoms with Crippen LogP contribution in [0, 0.1) is 6.92 Å². The number of aromatic carboxylic acids is 1. The first-order valence-electron chi connectivity index (χ1n) is 7.97. The van der Waals surface area contributed by atoms with Gasteiger partial charge in [0, 0.05) is 13.6 Å². The van der Waals surface area contributed by atoms with E-state index in [9.17, 15) is 9.59 Å². The van der Waals surface area contributed by atoms with Crippen LogP contribution in [0.1, 0.15) is 21.5 Å². The number of ether oxygens (including phenoxy) is 1. The van der Waals surface area contributed by atoms with Gasteiger partial charge in [0.1, 0.15) is 12.4 Å². The number of nitrogens with one attached hydrogen (secondary N) is 1. The van der Waals surface area contributed by atoms with Gasteiger partial charge < -0.3 is 20.1 Å². The fourth-order valence-electron chi connectivity index (χ4n) is 2.19. The lowest BCUT2D eigenvalue weighted by Gasteiger charge is -2.18. The summed E-state index contributed by atoms with van der Waals surface area (Å²) >= 11 is 0. The highest BCUT2D eigenvalue weighted by molar-refractivity contribution is 5.87. The zero-order valence-electron chi connectivity index (χ0n) is 14.4. The molecular weight excluding hydrogens is 320 g/mol. The summed E-state index contributed by atoms with van der Waals surface area (Å²) in [7, 11) is 1.70. The molecule has 2 rings (SSSR count). The molecule has 2 aromatic rings. The van der Waals surface area contributed by atoms with Gasteiger partial charge in [-0.05, 0) is 36.2 Å². The van der Waals surface area contributed by atoms with E-state index in [1.165, 1.54) is 12.1 Å². The Morgan fingerprint density at radius 3 is 2.44 bits per heavy atom. The maximum Gasteiger partial charge on any atom is 0.335 e. The average Bonchev–Trinajstić information content (AvgIpc) is 2.61. The van der Waals surface area contributed by atoms with E-state index >= 15 is 0 Å². The Morgan fingerprint density at radius 1 is 1.12 bits per heavy atom. The molecular formula is C19H22N2O4. The van der Waals surface area contributed by atoms with Crippen molar-refractivity contribution >= 4 is 12.0 Å². The zero-order chi connectivity index (χ0) is 18.2. The topological polar surface area (TPSA) is 78.9 Å². The maximum absolute atomic E-state index is 12.1. The predicted molar refractivity (Wildman–Crippen MR) is 94.9 cm³/mol. The largest absolute Gasteiger partial charge is 0.491 e. The fraction of sp³-hybridized carbons (Fsp3) is 0.263. The molecule has 132 valence electrons. The van der Waals surface area contributed by atoms with Gasteiger partial charge in [-0.25, -0.2) is 9.59 Å². The van der Waals surface area contributed by atoms with E-state index in [1.54, 1.807) is 24.1 Å². The van der Waals surface area contributed by atoms with Gasteiger partial charge in [0.25, 0.3) is 0 Å². The summed E-state index contributed by atoms with van der Waals surface area (Å²) in [6.07, 6.45) is 0. The van der Waals surface area contributed by atoms with Gasteiger partial charge in [0.2, 0.25) is 0 Å². The third-order valence-electron chi connectivity index (χ3n) is 3.77. The van der Waals surface area contributed by atoms with Crippen LogP contribution in [0.3, 0.4) is 0 Å². The molecule has 0 aromatic heterocycles. The maximum atomic E-state index is 12.1. The number of para-hydroxylation sites is 1. The number of nitrogens with zero attached hydrogens (tertiary/aromatic N) is 1. The number of likely N-dealkylation sites (N-methyl/N-ethyl adjacent to an activating group) is 1. The Balaban J connectivity index is 1.74. The SMILES string of the molecule is Cc1ccccc1OCCN(C)C(=O)NCc1ccc(C(=O)O)cc1. The molecule has 0 aliphatic rings. The lowest BCUT2D eigenvalue weighted by Crippen LogP contribution is -2.39. The first-order valence-corrected chi connectivity index (χ1v) is 7.97. The second-order valence-corrected chi connectivity index (χ2v) is 5.70. The van der Waals surface area contributed by atoms with Crippen molar-refractivity contribution in [3.05, 3.63) is 65.2 Å². The minimum atomic E-state index is -0.969. The normalized spacial score (nSPS) is 10.2. The zero-order valence-corrected chi connectivity index (χ0v) is 14.4. The van der Waals surface area contributed by atoms with Gasteiger partial charge in [-0.3, -0.25) is 0 Å². The summed E-state index contributed by atoms with van der Waals surface area (Å²) in [5.74, 6) is -0.154. The molecule has 0 aliphatic heterocycles. The van der Waals surface area contributed by atoms with Crippen molar-refractivity contribution in [2.75, 3.05) is 20.2 Å². The Labute approximate surface area is 147 Å². The van der Waals surface area contributed by atoms with E-state index in [4.69, 9.17) is 9.84 Å². The highest BCUT2D eigenvalue weighted by Gasteiger charge is 2.09. The molecule has 6 heteroatoms. The number of amides is 2. The van der Waals surface area contributed by atoms with E-state index in [0.717, 1.165) is 16.9 Å². The third kappa shape index (κ3) is 5.53. The van der Waals surface area contributed by atoms with Crippen molar-refractivity contribution in [1.29, 1.82) is 0 Å². The molecule has 2 aromatic carbocycles.